The van der Waals surface area contributed by atoms with Crippen LogP contribution in [-0.2, 0) is 11.3 Å². The molecule has 2 fully saturated rings. The average Bonchev–Trinajstić information content (AvgIpc) is 2.75. The van der Waals surface area contributed by atoms with Crippen LogP contribution in [0.5, 0.6) is 0 Å². The number of nitrogens with zero attached hydrogens (tertiary/aromatic N) is 1. The molecule has 0 aliphatic carbocycles. The van der Waals surface area contributed by atoms with E-state index >= 15 is 0 Å². The van der Waals surface area contributed by atoms with E-state index in [0.717, 1.165) is 19.6 Å². The van der Waals surface area contributed by atoms with E-state index in [1.54, 1.807) is 0 Å². The van der Waals surface area contributed by atoms with Crippen molar-refractivity contribution < 1.29 is 4.74 Å². The van der Waals surface area contributed by atoms with Crippen LogP contribution < -0.4 is 10.2 Å². The molecule has 0 spiro atoms. The lowest BCUT2D eigenvalue weighted by molar-refractivity contribution is 0.0305. The molecule has 2 atom stereocenters. The quantitative estimate of drug-likeness (QED) is 0.917. The number of benzene rings is 1. The van der Waals surface area contributed by atoms with Gasteiger partial charge in [0.05, 0.1) is 12.2 Å². The highest BCUT2D eigenvalue weighted by Gasteiger charge is 2.33. The van der Waals surface area contributed by atoms with Crippen molar-refractivity contribution in [2.45, 2.75) is 57.9 Å². The van der Waals surface area contributed by atoms with E-state index in [9.17, 15) is 0 Å². The highest BCUT2D eigenvalue weighted by Crippen LogP contribution is 2.29. The van der Waals surface area contributed by atoms with Crippen LogP contribution in [0.4, 0.5) is 5.69 Å². The molecule has 110 valence electrons. The van der Waals surface area contributed by atoms with Crippen LogP contribution in [0.3, 0.4) is 0 Å². The Hall–Kier alpha value is -1.06. The highest BCUT2D eigenvalue weighted by atomic mass is 16.5. The number of ether oxygens (including phenoxy) is 1. The van der Waals surface area contributed by atoms with Gasteiger partial charge in [-0.05, 0) is 51.3 Å². The Balaban J connectivity index is 1.61. The zero-order valence-electron chi connectivity index (χ0n) is 12.9. The third-order valence-corrected chi connectivity index (χ3v) is 4.17. The Morgan fingerprint density at radius 2 is 1.70 bits per heavy atom. The van der Waals surface area contributed by atoms with Crippen molar-refractivity contribution in [3.05, 3.63) is 29.8 Å². The SMILES string of the molecule is CC(C)(C)NCc1ccc(N2CC3CCC(C2)O3)cc1. The summed E-state index contributed by atoms with van der Waals surface area (Å²) in [6, 6.07) is 8.99. The Bertz CT molecular complexity index is 437. The van der Waals surface area contributed by atoms with Crippen molar-refractivity contribution in [1.82, 2.24) is 5.32 Å². The number of hydrogen-bond acceptors (Lipinski definition) is 3. The maximum absolute atomic E-state index is 5.90. The van der Waals surface area contributed by atoms with Gasteiger partial charge in [-0.15, -0.1) is 0 Å². The lowest BCUT2D eigenvalue weighted by Gasteiger charge is -2.34. The summed E-state index contributed by atoms with van der Waals surface area (Å²) < 4.78 is 5.90. The van der Waals surface area contributed by atoms with Crippen molar-refractivity contribution in [3.8, 4) is 0 Å². The summed E-state index contributed by atoms with van der Waals surface area (Å²) in [5.41, 5.74) is 2.85. The fourth-order valence-corrected chi connectivity index (χ4v) is 3.02. The molecule has 0 amide bonds. The van der Waals surface area contributed by atoms with E-state index in [1.807, 2.05) is 0 Å². The van der Waals surface area contributed by atoms with Gasteiger partial charge in [-0.25, -0.2) is 0 Å². The second kappa shape index (κ2) is 5.38. The number of fused-ring (bicyclic) bond motifs is 2. The lowest BCUT2D eigenvalue weighted by atomic mass is 10.1. The number of rotatable bonds is 3. The van der Waals surface area contributed by atoms with Crippen molar-refractivity contribution in [2.24, 2.45) is 0 Å². The van der Waals surface area contributed by atoms with E-state index < -0.39 is 0 Å². The molecular weight excluding hydrogens is 248 g/mol. The van der Waals surface area contributed by atoms with Crippen LogP contribution in [0.25, 0.3) is 0 Å². The molecule has 20 heavy (non-hydrogen) atoms. The molecule has 3 nitrogen and oxygen atoms in total. The first kappa shape index (κ1) is 13.9. The molecule has 3 rings (SSSR count). The second-order valence-corrected chi connectivity index (χ2v) is 7.13. The molecule has 0 radical (unpaired) electrons. The van der Waals surface area contributed by atoms with Crippen LogP contribution in [0.1, 0.15) is 39.2 Å². The van der Waals surface area contributed by atoms with E-state index in [2.05, 4.69) is 55.3 Å². The molecule has 0 aromatic heterocycles. The predicted octanol–water partition coefficient (Wildman–Crippen LogP) is 2.94. The van der Waals surface area contributed by atoms with Gasteiger partial charge in [0.25, 0.3) is 0 Å². The van der Waals surface area contributed by atoms with Crippen LogP contribution >= 0.6 is 0 Å². The molecule has 2 saturated heterocycles. The lowest BCUT2D eigenvalue weighted by Crippen LogP contribution is -2.42. The minimum absolute atomic E-state index is 0.169. The number of morpholine rings is 1. The maximum Gasteiger partial charge on any atom is 0.0755 e. The monoisotopic (exact) mass is 274 g/mol. The number of anilines is 1. The molecule has 2 heterocycles. The summed E-state index contributed by atoms with van der Waals surface area (Å²) in [6.45, 7) is 9.63. The van der Waals surface area contributed by atoms with E-state index in [-0.39, 0.29) is 5.54 Å². The normalized spacial score (nSPS) is 26.1. The maximum atomic E-state index is 5.90. The van der Waals surface area contributed by atoms with Gasteiger partial charge in [0.1, 0.15) is 0 Å². The van der Waals surface area contributed by atoms with Crippen molar-refractivity contribution in [3.63, 3.8) is 0 Å². The molecule has 2 unspecified atom stereocenters. The third kappa shape index (κ3) is 3.33. The zero-order valence-corrected chi connectivity index (χ0v) is 12.9. The molecule has 2 aliphatic rings. The molecule has 1 aromatic carbocycles. The zero-order chi connectivity index (χ0) is 14.2. The Kier molecular flexibility index (Phi) is 3.74. The molecular formula is C17H26N2O. The van der Waals surface area contributed by atoms with Gasteiger partial charge in [-0.1, -0.05) is 12.1 Å². The number of nitrogens with one attached hydrogen (secondary N) is 1. The summed E-state index contributed by atoms with van der Waals surface area (Å²) in [5.74, 6) is 0. The second-order valence-electron chi connectivity index (χ2n) is 7.13. The van der Waals surface area contributed by atoms with E-state index in [0.29, 0.717) is 12.2 Å². The average molecular weight is 274 g/mol. The van der Waals surface area contributed by atoms with Crippen LogP contribution in [0.2, 0.25) is 0 Å². The summed E-state index contributed by atoms with van der Waals surface area (Å²) in [4.78, 5) is 2.48. The summed E-state index contributed by atoms with van der Waals surface area (Å²) in [6.07, 6.45) is 3.37. The van der Waals surface area contributed by atoms with E-state index in [1.165, 1.54) is 24.1 Å². The topological polar surface area (TPSA) is 24.5 Å². The van der Waals surface area contributed by atoms with Gasteiger partial charge in [0.15, 0.2) is 0 Å². The van der Waals surface area contributed by atoms with E-state index in [4.69, 9.17) is 4.74 Å². The van der Waals surface area contributed by atoms with Gasteiger partial charge in [0, 0.05) is 30.9 Å². The molecule has 0 saturated carbocycles. The first-order chi connectivity index (χ1) is 9.49. The van der Waals surface area contributed by atoms with Gasteiger partial charge in [-0.3, -0.25) is 0 Å². The third-order valence-electron chi connectivity index (χ3n) is 4.17. The van der Waals surface area contributed by atoms with Gasteiger partial charge >= 0.3 is 0 Å². The van der Waals surface area contributed by atoms with Crippen molar-refractivity contribution >= 4 is 5.69 Å². The first-order valence-electron chi connectivity index (χ1n) is 7.74. The largest absolute Gasteiger partial charge is 0.371 e. The number of hydrogen-bond donors (Lipinski definition) is 1. The van der Waals surface area contributed by atoms with Crippen molar-refractivity contribution in [2.75, 3.05) is 18.0 Å². The molecule has 1 aromatic rings. The molecule has 2 bridgehead atoms. The van der Waals surface area contributed by atoms with Crippen LogP contribution in [-0.4, -0.2) is 30.8 Å². The molecule has 2 aliphatic heterocycles. The Morgan fingerprint density at radius 3 is 2.25 bits per heavy atom. The van der Waals surface area contributed by atoms with Gasteiger partial charge in [0.2, 0.25) is 0 Å². The minimum Gasteiger partial charge on any atom is -0.371 e. The molecule has 3 heteroatoms. The summed E-state index contributed by atoms with van der Waals surface area (Å²) in [5, 5.41) is 3.53. The van der Waals surface area contributed by atoms with Gasteiger partial charge < -0.3 is 15.0 Å². The molecule has 1 N–H and O–H groups in total. The van der Waals surface area contributed by atoms with Crippen LogP contribution in [0.15, 0.2) is 24.3 Å². The Morgan fingerprint density at radius 1 is 1.10 bits per heavy atom. The predicted molar refractivity (Wildman–Crippen MR) is 83.1 cm³/mol. The fourth-order valence-electron chi connectivity index (χ4n) is 3.02. The first-order valence-corrected chi connectivity index (χ1v) is 7.74. The Labute approximate surface area is 122 Å². The summed E-state index contributed by atoms with van der Waals surface area (Å²) >= 11 is 0. The smallest absolute Gasteiger partial charge is 0.0755 e. The minimum atomic E-state index is 0.169. The standard InChI is InChI=1S/C17H26N2O/c1-17(2,3)18-10-13-4-6-14(7-5-13)19-11-15-8-9-16(12-19)20-15/h4-7,15-16,18H,8-12H2,1-3H3. The van der Waals surface area contributed by atoms with Gasteiger partial charge in [-0.2, -0.15) is 0 Å². The summed E-state index contributed by atoms with van der Waals surface area (Å²) in [7, 11) is 0. The van der Waals surface area contributed by atoms with Crippen molar-refractivity contribution in [1.29, 1.82) is 0 Å². The fraction of sp³-hybridized carbons (Fsp3) is 0.647. The highest BCUT2D eigenvalue weighted by molar-refractivity contribution is 5.48. The van der Waals surface area contributed by atoms with Crippen LogP contribution in [0, 0.1) is 0 Å².